The molecule has 1 atom stereocenters. The maximum atomic E-state index is 12.9. The van der Waals surface area contributed by atoms with Gasteiger partial charge in [0.05, 0.1) is 24.5 Å². The smallest absolute Gasteiger partial charge is 0.324 e. The van der Waals surface area contributed by atoms with Crippen LogP contribution in [0, 0.1) is 17.2 Å². The van der Waals surface area contributed by atoms with Crippen LogP contribution in [0.15, 0.2) is 59.6 Å². The van der Waals surface area contributed by atoms with Crippen LogP contribution in [-0.2, 0) is 26.1 Å². The number of esters is 1. The van der Waals surface area contributed by atoms with Gasteiger partial charge in [-0.2, -0.15) is 9.98 Å². The van der Waals surface area contributed by atoms with Gasteiger partial charge >= 0.3 is 5.97 Å². The molecule has 0 radical (unpaired) electrons. The first-order valence-corrected chi connectivity index (χ1v) is 12.5. The average molecular weight is 498 g/mol. The van der Waals surface area contributed by atoms with Crippen LogP contribution >= 0.6 is 0 Å². The number of carbonyl (C=O) groups excluding carboxylic acids is 2. The van der Waals surface area contributed by atoms with Gasteiger partial charge in [-0.25, -0.2) is 8.42 Å². The Labute approximate surface area is 204 Å². The van der Waals surface area contributed by atoms with Crippen LogP contribution in [0.25, 0.3) is 10.9 Å². The van der Waals surface area contributed by atoms with Gasteiger partial charge in [-0.15, -0.1) is 0 Å². The van der Waals surface area contributed by atoms with Gasteiger partial charge in [0, 0.05) is 29.2 Å². The molecule has 2 aromatic carbocycles. The lowest BCUT2D eigenvalue weighted by atomic mass is 10.1. The standard InChI is InChI=1S/C25H27N3O6S/c1-17(2)24(27-35(31,32)19-11-9-18(33-3)10-12-19)25(30)34-16-23(29)21-15-28(14-6-13-26)22-8-5-4-7-20(21)22/h4-5,7-12,15,17,24,27H,6,14,16H2,1-3H3/t24-/m0/s1. The molecule has 184 valence electrons. The predicted octanol–water partition coefficient (Wildman–Crippen LogP) is 3.29. The quantitative estimate of drug-likeness (QED) is 0.318. The predicted molar refractivity (Wildman–Crippen MR) is 129 cm³/mol. The minimum atomic E-state index is -4.02. The van der Waals surface area contributed by atoms with Gasteiger partial charge in [0.2, 0.25) is 15.8 Å². The number of Topliss-reactive ketones (excluding diaryl/α,β-unsaturated/α-hetero) is 1. The van der Waals surface area contributed by atoms with Gasteiger partial charge in [-0.1, -0.05) is 32.0 Å². The van der Waals surface area contributed by atoms with Crippen LogP contribution in [0.3, 0.4) is 0 Å². The number of sulfonamides is 1. The molecule has 1 N–H and O–H groups in total. The monoisotopic (exact) mass is 497 g/mol. The SMILES string of the molecule is COc1ccc(S(=O)(=O)N[C@H](C(=O)OCC(=O)c2cn(CCC#N)c3ccccc23)C(C)C)cc1. The highest BCUT2D eigenvalue weighted by molar-refractivity contribution is 7.89. The van der Waals surface area contributed by atoms with Crippen LogP contribution in [0.1, 0.15) is 30.6 Å². The number of benzene rings is 2. The third-order valence-electron chi connectivity index (χ3n) is 5.47. The summed E-state index contributed by atoms with van der Waals surface area (Å²) in [6.07, 6.45) is 1.93. The van der Waals surface area contributed by atoms with Crippen molar-refractivity contribution in [1.82, 2.24) is 9.29 Å². The first kappa shape index (κ1) is 25.9. The van der Waals surface area contributed by atoms with Crippen molar-refractivity contribution in [2.24, 2.45) is 5.92 Å². The number of hydrogen-bond acceptors (Lipinski definition) is 7. The molecule has 0 fully saturated rings. The summed E-state index contributed by atoms with van der Waals surface area (Å²) in [6, 6.07) is 13.9. The van der Waals surface area contributed by atoms with E-state index < -0.39 is 40.3 Å². The molecule has 0 spiro atoms. The summed E-state index contributed by atoms with van der Waals surface area (Å²) in [4.78, 5) is 25.7. The molecule has 3 aromatic rings. The van der Waals surface area contributed by atoms with E-state index in [1.165, 1.54) is 31.4 Å². The van der Waals surface area contributed by atoms with Crippen LogP contribution in [-0.4, -0.2) is 44.5 Å². The Kier molecular flexibility index (Phi) is 8.27. The van der Waals surface area contributed by atoms with Crippen LogP contribution in [0.4, 0.5) is 0 Å². The van der Waals surface area contributed by atoms with Gasteiger partial charge < -0.3 is 14.0 Å². The van der Waals surface area contributed by atoms with Crippen molar-refractivity contribution in [3.63, 3.8) is 0 Å². The van der Waals surface area contributed by atoms with E-state index in [0.29, 0.717) is 23.2 Å². The maximum Gasteiger partial charge on any atom is 0.324 e. The van der Waals surface area contributed by atoms with E-state index in [1.807, 2.05) is 16.7 Å². The highest BCUT2D eigenvalue weighted by atomic mass is 32.2. The third-order valence-corrected chi connectivity index (χ3v) is 6.93. The fourth-order valence-corrected chi connectivity index (χ4v) is 4.91. The second-order valence-corrected chi connectivity index (χ2v) is 9.92. The second kappa shape index (κ2) is 11.2. The zero-order chi connectivity index (χ0) is 25.6. The number of carbonyl (C=O) groups is 2. The summed E-state index contributed by atoms with van der Waals surface area (Å²) < 4.78 is 40.1. The minimum absolute atomic E-state index is 0.0296. The van der Waals surface area contributed by atoms with Crippen LogP contribution < -0.4 is 9.46 Å². The Morgan fingerprint density at radius 3 is 2.43 bits per heavy atom. The van der Waals surface area contributed by atoms with Crippen molar-refractivity contribution in [2.75, 3.05) is 13.7 Å². The summed E-state index contributed by atoms with van der Waals surface area (Å²) in [5.41, 5.74) is 1.16. The molecule has 1 aromatic heterocycles. The van der Waals surface area contributed by atoms with Gasteiger partial charge in [0.15, 0.2) is 6.61 Å². The van der Waals surface area contributed by atoms with Crippen molar-refractivity contribution in [3.8, 4) is 11.8 Å². The van der Waals surface area contributed by atoms with Crippen LogP contribution in [0.5, 0.6) is 5.75 Å². The van der Waals surface area contributed by atoms with E-state index in [9.17, 15) is 18.0 Å². The van der Waals surface area contributed by atoms with Gasteiger partial charge in [-0.05, 0) is 36.2 Å². The Morgan fingerprint density at radius 2 is 1.80 bits per heavy atom. The highest BCUT2D eigenvalue weighted by Gasteiger charge is 2.30. The number of rotatable bonds is 11. The minimum Gasteiger partial charge on any atom is -0.497 e. The highest BCUT2D eigenvalue weighted by Crippen LogP contribution is 2.23. The molecule has 1 heterocycles. The molecule has 0 saturated carbocycles. The van der Waals surface area contributed by atoms with E-state index in [1.54, 1.807) is 32.2 Å². The van der Waals surface area contributed by atoms with Gasteiger partial charge in [0.25, 0.3) is 0 Å². The van der Waals surface area contributed by atoms with E-state index in [-0.39, 0.29) is 11.3 Å². The summed E-state index contributed by atoms with van der Waals surface area (Å²) in [5, 5.41) is 9.58. The number of para-hydroxylation sites is 1. The average Bonchev–Trinajstić information content (AvgIpc) is 3.23. The molecule has 35 heavy (non-hydrogen) atoms. The zero-order valence-corrected chi connectivity index (χ0v) is 20.5. The summed E-state index contributed by atoms with van der Waals surface area (Å²) in [6.45, 7) is 3.23. The maximum absolute atomic E-state index is 12.9. The molecule has 0 bridgehead atoms. The largest absolute Gasteiger partial charge is 0.497 e. The van der Waals surface area contributed by atoms with Crippen molar-refractivity contribution in [2.45, 2.75) is 37.8 Å². The number of ether oxygens (including phenoxy) is 2. The number of methoxy groups -OCH3 is 1. The van der Waals surface area contributed by atoms with Crippen molar-refractivity contribution in [1.29, 1.82) is 5.26 Å². The molecule has 0 unspecified atom stereocenters. The Bertz CT molecular complexity index is 1350. The number of nitrogens with one attached hydrogen (secondary N) is 1. The van der Waals surface area contributed by atoms with E-state index >= 15 is 0 Å². The molecule has 9 nitrogen and oxygen atoms in total. The first-order chi connectivity index (χ1) is 16.7. The molecule has 0 aliphatic rings. The lowest BCUT2D eigenvalue weighted by molar-refractivity contribution is -0.145. The van der Waals surface area contributed by atoms with Crippen LogP contribution in [0.2, 0.25) is 0 Å². The molecular formula is C25H27N3O6S. The number of nitriles is 1. The number of aromatic nitrogens is 1. The Hall–Kier alpha value is -3.68. The van der Waals surface area contributed by atoms with Gasteiger partial charge in [0.1, 0.15) is 11.8 Å². The third kappa shape index (κ3) is 6.07. The molecule has 0 aliphatic heterocycles. The van der Waals surface area contributed by atoms with E-state index in [2.05, 4.69) is 10.8 Å². The molecule has 0 aliphatic carbocycles. The number of aryl methyl sites for hydroxylation is 1. The molecule has 0 saturated heterocycles. The number of fused-ring (bicyclic) bond motifs is 1. The van der Waals surface area contributed by atoms with Crippen molar-refractivity contribution < 1.29 is 27.5 Å². The molecule has 10 heteroatoms. The lowest BCUT2D eigenvalue weighted by Gasteiger charge is -2.20. The zero-order valence-electron chi connectivity index (χ0n) is 19.7. The summed E-state index contributed by atoms with van der Waals surface area (Å²) >= 11 is 0. The Balaban J connectivity index is 1.73. The second-order valence-electron chi connectivity index (χ2n) is 8.21. The first-order valence-electron chi connectivity index (χ1n) is 11.0. The number of ketones is 1. The topological polar surface area (TPSA) is 127 Å². The Morgan fingerprint density at radius 1 is 1.11 bits per heavy atom. The number of nitrogens with zero attached hydrogens (tertiary/aromatic N) is 2. The molecule has 0 amide bonds. The van der Waals surface area contributed by atoms with Crippen molar-refractivity contribution in [3.05, 3.63) is 60.3 Å². The normalized spacial score (nSPS) is 12.3. The lowest BCUT2D eigenvalue weighted by Crippen LogP contribution is -2.45. The number of hydrogen-bond donors (Lipinski definition) is 1. The summed E-state index contributed by atoms with van der Waals surface area (Å²) in [5.74, 6) is -1.21. The fourth-order valence-electron chi connectivity index (χ4n) is 3.58. The van der Waals surface area contributed by atoms with Gasteiger partial charge in [-0.3, -0.25) is 9.59 Å². The van der Waals surface area contributed by atoms with E-state index in [0.717, 1.165) is 5.52 Å². The molecule has 3 rings (SSSR count). The summed E-state index contributed by atoms with van der Waals surface area (Å²) in [7, 11) is -2.55. The molecular weight excluding hydrogens is 470 g/mol. The van der Waals surface area contributed by atoms with Crippen molar-refractivity contribution >= 4 is 32.7 Å². The fraction of sp³-hybridized carbons (Fsp3) is 0.320. The van der Waals surface area contributed by atoms with E-state index in [4.69, 9.17) is 14.7 Å².